The van der Waals surface area contributed by atoms with Crippen LogP contribution in [0.25, 0.3) is 5.69 Å². The van der Waals surface area contributed by atoms with Crippen LogP contribution in [-0.2, 0) is 19.0 Å². The minimum Gasteiger partial charge on any atom is -0.370 e. The Morgan fingerprint density at radius 2 is 1.83 bits per heavy atom. The zero-order valence-corrected chi connectivity index (χ0v) is 16.9. The van der Waals surface area contributed by atoms with E-state index in [9.17, 15) is 13.2 Å². The highest BCUT2D eigenvalue weighted by Gasteiger charge is 2.32. The molecule has 0 saturated carbocycles. The molecule has 1 aliphatic heterocycles. The van der Waals surface area contributed by atoms with Gasteiger partial charge in [-0.05, 0) is 49.1 Å². The highest BCUT2D eigenvalue weighted by atomic mass is 35.5. The summed E-state index contributed by atoms with van der Waals surface area (Å²) in [6.45, 7) is 0.723. The van der Waals surface area contributed by atoms with Crippen molar-refractivity contribution in [2.24, 2.45) is 0 Å². The van der Waals surface area contributed by atoms with E-state index in [1.54, 1.807) is 0 Å². The van der Waals surface area contributed by atoms with Crippen LogP contribution in [0.2, 0.25) is 10.0 Å². The fourth-order valence-corrected chi connectivity index (χ4v) is 3.96. The van der Waals surface area contributed by atoms with Crippen molar-refractivity contribution in [2.75, 3.05) is 11.9 Å². The van der Waals surface area contributed by atoms with E-state index in [0.29, 0.717) is 17.3 Å². The topological polar surface area (TPSA) is 29.9 Å². The van der Waals surface area contributed by atoms with Crippen LogP contribution in [0.4, 0.5) is 19.0 Å². The van der Waals surface area contributed by atoms with Gasteiger partial charge in [-0.1, -0.05) is 41.4 Å². The second-order valence-electron chi connectivity index (χ2n) is 7.00. The first-order chi connectivity index (χ1) is 13.8. The average molecular weight is 440 g/mol. The number of anilines is 1. The Hall–Kier alpha value is -2.18. The van der Waals surface area contributed by atoms with Crippen LogP contribution < -0.4 is 5.32 Å². The van der Waals surface area contributed by atoms with Gasteiger partial charge in [-0.25, -0.2) is 4.68 Å². The van der Waals surface area contributed by atoms with Gasteiger partial charge in [-0.3, -0.25) is 0 Å². The summed E-state index contributed by atoms with van der Waals surface area (Å²) >= 11 is 12.6. The molecule has 0 bridgehead atoms. The van der Waals surface area contributed by atoms with Crippen LogP contribution in [0.1, 0.15) is 35.2 Å². The van der Waals surface area contributed by atoms with E-state index in [4.69, 9.17) is 23.2 Å². The molecule has 2 aromatic carbocycles. The van der Waals surface area contributed by atoms with Crippen LogP contribution in [-0.4, -0.2) is 16.3 Å². The van der Waals surface area contributed by atoms with Crippen molar-refractivity contribution in [3.8, 4) is 5.69 Å². The van der Waals surface area contributed by atoms with Crippen LogP contribution >= 0.6 is 23.2 Å². The summed E-state index contributed by atoms with van der Waals surface area (Å²) in [4.78, 5) is 0. The third-order valence-electron chi connectivity index (χ3n) is 5.03. The molecule has 1 aliphatic rings. The van der Waals surface area contributed by atoms with Gasteiger partial charge >= 0.3 is 6.18 Å². The smallest absolute Gasteiger partial charge is 0.370 e. The van der Waals surface area contributed by atoms with Gasteiger partial charge in [0.25, 0.3) is 0 Å². The van der Waals surface area contributed by atoms with Crippen molar-refractivity contribution in [1.82, 2.24) is 9.78 Å². The molecule has 0 atom stereocenters. The molecule has 152 valence electrons. The summed E-state index contributed by atoms with van der Waals surface area (Å²) in [5, 5.41) is 8.83. The molecule has 0 fully saturated rings. The number of nitrogens with one attached hydrogen (secondary N) is 1. The Labute approximate surface area is 176 Å². The molecule has 0 radical (unpaired) electrons. The first-order valence-corrected chi connectivity index (χ1v) is 10.1. The molecule has 4 rings (SSSR count). The lowest BCUT2D eigenvalue weighted by Crippen LogP contribution is -2.10. The molecule has 0 aliphatic carbocycles. The van der Waals surface area contributed by atoms with Crippen LogP contribution in [0.15, 0.2) is 42.5 Å². The monoisotopic (exact) mass is 439 g/mol. The van der Waals surface area contributed by atoms with E-state index in [1.807, 2.05) is 24.3 Å². The summed E-state index contributed by atoms with van der Waals surface area (Å²) in [7, 11) is 0. The lowest BCUT2D eigenvalue weighted by atomic mass is 10.0. The molecular weight excluding hydrogens is 422 g/mol. The van der Waals surface area contributed by atoms with Crippen LogP contribution in [0, 0.1) is 0 Å². The predicted molar refractivity (Wildman–Crippen MR) is 109 cm³/mol. The van der Waals surface area contributed by atoms with Crippen molar-refractivity contribution < 1.29 is 13.2 Å². The summed E-state index contributed by atoms with van der Waals surface area (Å²) < 4.78 is 41.3. The lowest BCUT2D eigenvalue weighted by Gasteiger charge is -2.13. The molecule has 3 nitrogen and oxygen atoms in total. The minimum atomic E-state index is -4.46. The van der Waals surface area contributed by atoms with Gasteiger partial charge in [0.05, 0.1) is 22.0 Å². The molecule has 0 amide bonds. The minimum absolute atomic E-state index is 0.206. The summed E-state index contributed by atoms with van der Waals surface area (Å²) in [6, 6.07) is 10.8. The Kier molecular flexibility index (Phi) is 5.49. The van der Waals surface area contributed by atoms with E-state index >= 15 is 0 Å². The van der Waals surface area contributed by atoms with Crippen LogP contribution in [0.3, 0.4) is 0 Å². The fourth-order valence-electron chi connectivity index (χ4n) is 3.56. The summed E-state index contributed by atoms with van der Waals surface area (Å²) in [5.41, 5.74) is 2.15. The van der Waals surface area contributed by atoms with Crippen molar-refractivity contribution in [3.63, 3.8) is 0 Å². The second kappa shape index (κ2) is 7.92. The SMILES string of the molecule is FC(F)(F)c1ccc(Cl)c(-n2nc(Cc3ccccc3Cl)c3c2NCCCC3)c1. The molecular formula is C21H18Cl2F3N3. The van der Waals surface area contributed by atoms with E-state index in [0.717, 1.165) is 54.8 Å². The van der Waals surface area contributed by atoms with Gasteiger partial charge in [0.15, 0.2) is 0 Å². The maximum Gasteiger partial charge on any atom is 0.416 e. The number of nitrogens with zero attached hydrogens (tertiary/aromatic N) is 2. The molecule has 29 heavy (non-hydrogen) atoms. The second-order valence-corrected chi connectivity index (χ2v) is 7.82. The molecule has 8 heteroatoms. The molecule has 0 saturated heterocycles. The number of aromatic nitrogens is 2. The van der Waals surface area contributed by atoms with Crippen LogP contribution in [0.5, 0.6) is 0 Å². The predicted octanol–water partition coefficient (Wildman–Crippen LogP) is 6.54. The first-order valence-electron chi connectivity index (χ1n) is 9.30. The van der Waals surface area contributed by atoms with Gasteiger partial charge < -0.3 is 5.32 Å². The summed E-state index contributed by atoms with van der Waals surface area (Å²) in [5.74, 6) is 0.700. The zero-order valence-electron chi connectivity index (χ0n) is 15.4. The third-order valence-corrected chi connectivity index (χ3v) is 5.72. The first kappa shape index (κ1) is 20.1. The Balaban J connectivity index is 1.85. The molecule has 3 aromatic rings. The van der Waals surface area contributed by atoms with Crippen molar-refractivity contribution >= 4 is 29.0 Å². The summed E-state index contributed by atoms with van der Waals surface area (Å²) in [6.07, 6.45) is -1.24. The third kappa shape index (κ3) is 4.09. The quantitative estimate of drug-likeness (QED) is 0.502. The van der Waals surface area contributed by atoms with E-state index in [-0.39, 0.29) is 10.7 Å². The number of fused-ring (bicyclic) bond motifs is 1. The Bertz CT molecular complexity index is 1040. The standard InChI is InChI=1S/C21H18Cl2F3N3/c22-16-7-2-1-5-13(16)11-18-15-6-3-4-10-27-20(15)29(28-18)19-12-14(21(24,25)26)8-9-17(19)23/h1-2,5,7-9,12,27H,3-4,6,10-11H2. The van der Waals surface area contributed by atoms with E-state index in [1.165, 1.54) is 10.7 Å². The zero-order chi connectivity index (χ0) is 20.6. The van der Waals surface area contributed by atoms with E-state index < -0.39 is 11.7 Å². The molecule has 0 spiro atoms. The number of rotatable bonds is 3. The van der Waals surface area contributed by atoms with E-state index in [2.05, 4.69) is 10.4 Å². The van der Waals surface area contributed by atoms with Gasteiger partial charge in [0.2, 0.25) is 0 Å². The average Bonchev–Trinajstić information content (AvgIpc) is 2.85. The maximum absolute atomic E-state index is 13.3. The molecule has 2 heterocycles. The lowest BCUT2D eigenvalue weighted by molar-refractivity contribution is -0.137. The largest absolute Gasteiger partial charge is 0.416 e. The van der Waals surface area contributed by atoms with Gasteiger partial charge in [-0.2, -0.15) is 18.3 Å². The highest BCUT2D eigenvalue weighted by Crippen LogP contribution is 2.36. The number of hydrogen-bond acceptors (Lipinski definition) is 2. The number of benzene rings is 2. The number of halogens is 5. The van der Waals surface area contributed by atoms with Gasteiger partial charge in [0, 0.05) is 23.6 Å². The van der Waals surface area contributed by atoms with Crippen molar-refractivity contribution in [2.45, 2.75) is 31.9 Å². The van der Waals surface area contributed by atoms with Crippen molar-refractivity contribution in [1.29, 1.82) is 0 Å². The molecule has 0 unspecified atom stereocenters. The number of hydrogen-bond donors (Lipinski definition) is 1. The van der Waals surface area contributed by atoms with Gasteiger partial charge in [0.1, 0.15) is 5.82 Å². The fraction of sp³-hybridized carbons (Fsp3) is 0.286. The maximum atomic E-state index is 13.3. The highest BCUT2D eigenvalue weighted by molar-refractivity contribution is 6.32. The normalized spacial score (nSPS) is 14.2. The van der Waals surface area contributed by atoms with Gasteiger partial charge in [-0.15, -0.1) is 0 Å². The molecule has 1 N–H and O–H groups in total. The Morgan fingerprint density at radius 3 is 2.59 bits per heavy atom. The molecule has 1 aromatic heterocycles. The Morgan fingerprint density at radius 1 is 1.03 bits per heavy atom. The number of alkyl halides is 3. The van der Waals surface area contributed by atoms with Crippen molar-refractivity contribution in [3.05, 3.63) is 74.9 Å².